The molecule has 1 aromatic heterocycles. The van der Waals surface area contributed by atoms with Gasteiger partial charge in [-0.3, -0.25) is 0 Å². The molecule has 0 spiro atoms. The number of hydrogen-bond acceptors (Lipinski definition) is 3. The van der Waals surface area contributed by atoms with E-state index >= 15 is 0 Å². The van der Waals surface area contributed by atoms with E-state index in [0.29, 0.717) is 12.2 Å². The van der Waals surface area contributed by atoms with E-state index in [2.05, 4.69) is 20.9 Å². The van der Waals surface area contributed by atoms with Gasteiger partial charge in [0.25, 0.3) is 0 Å². The molecular formula is C12H13BrN2O2. The van der Waals surface area contributed by atoms with Crippen molar-refractivity contribution in [3.8, 4) is 5.75 Å². The second-order valence-electron chi connectivity index (χ2n) is 3.65. The quantitative estimate of drug-likeness (QED) is 0.941. The molecule has 0 unspecified atom stereocenters. The van der Waals surface area contributed by atoms with Crippen LogP contribution in [0.5, 0.6) is 5.75 Å². The first kappa shape index (κ1) is 12.1. The number of aromatic nitrogens is 2. The zero-order chi connectivity index (χ0) is 12.3. The van der Waals surface area contributed by atoms with Gasteiger partial charge in [-0.1, -0.05) is 15.9 Å². The average molecular weight is 297 g/mol. The van der Waals surface area contributed by atoms with E-state index in [1.165, 1.54) is 0 Å². The number of methoxy groups -OCH3 is 1. The Labute approximate surface area is 108 Å². The SMILES string of the molecule is COc1ccc(Br)cc1Cn1cnc(CO)c1. The molecule has 1 aromatic carbocycles. The van der Waals surface area contributed by atoms with Gasteiger partial charge in [-0.05, 0) is 18.2 Å². The minimum atomic E-state index is -0.0391. The molecule has 0 amide bonds. The van der Waals surface area contributed by atoms with Gasteiger partial charge in [0, 0.05) is 16.2 Å². The van der Waals surface area contributed by atoms with Crippen LogP contribution in [0, 0.1) is 0 Å². The minimum absolute atomic E-state index is 0.0391. The zero-order valence-electron chi connectivity index (χ0n) is 9.43. The molecule has 0 aliphatic heterocycles. The third-order valence-corrected chi connectivity index (χ3v) is 2.94. The zero-order valence-corrected chi connectivity index (χ0v) is 11.0. The first-order valence-corrected chi connectivity index (χ1v) is 5.96. The fourth-order valence-electron chi connectivity index (χ4n) is 1.64. The largest absolute Gasteiger partial charge is 0.496 e. The standard InChI is InChI=1S/C12H13BrN2O2/c1-17-12-3-2-10(13)4-9(12)5-15-6-11(7-16)14-8-15/h2-4,6,8,16H,5,7H2,1H3. The molecule has 0 aliphatic carbocycles. The van der Waals surface area contributed by atoms with Crippen molar-refractivity contribution in [2.45, 2.75) is 13.2 Å². The summed E-state index contributed by atoms with van der Waals surface area (Å²) in [6, 6.07) is 5.87. The van der Waals surface area contributed by atoms with Gasteiger partial charge in [-0.15, -0.1) is 0 Å². The summed E-state index contributed by atoms with van der Waals surface area (Å²) in [6.45, 7) is 0.623. The van der Waals surface area contributed by atoms with Crippen molar-refractivity contribution in [3.63, 3.8) is 0 Å². The first-order chi connectivity index (χ1) is 8.22. The summed E-state index contributed by atoms with van der Waals surface area (Å²) in [5.74, 6) is 0.840. The molecule has 0 atom stereocenters. The van der Waals surface area contributed by atoms with Gasteiger partial charge in [0.05, 0.1) is 32.3 Å². The number of halogens is 1. The number of rotatable bonds is 4. The number of imidazole rings is 1. The number of nitrogens with zero attached hydrogens (tertiary/aromatic N) is 2. The molecule has 2 aromatic rings. The molecule has 1 heterocycles. The van der Waals surface area contributed by atoms with Gasteiger partial charge in [0.2, 0.25) is 0 Å². The Morgan fingerprint density at radius 1 is 1.47 bits per heavy atom. The van der Waals surface area contributed by atoms with Crippen molar-refractivity contribution in [2.75, 3.05) is 7.11 Å². The number of benzene rings is 1. The third kappa shape index (κ3) is 2.87. The highest BCUT2D eigenvalue weighted by molar-refractivity contribution is 9.10. The Morgan fingerprint density at radius 2 is 2.29 bits per heavy atom. The highest BCUT2D eigenvalue weighted by Crippen LogP contribution is 2.23. The predicted octanol–water partition coefficient (Wildman–Crippen LogP) is 2.19. The van der Waals surface area contributed by atoms with Gasteiger partial charge in [0.1, 0.15) is 5.75 Å². The van der Waals surface area contributed by atoms with Gasteiger partial charge in [0.15, 0.2) is 0 Å². The summed E-state index contributed by atoms with van der Waals surface area (Å²) >= 11 is 3.44. The van der Waals surface area contributed by atoms with Crippen LogP contribution >= 0.6 is 15.9 Å². The molecule has 90 valence electrons. The summed E-state index contributed by atoms with van der Waals surface area (Å²) in [4.78, 5) is 4.07. The van der Waals surface area contributed by atoms with E-state index in [0.717, 1.165) is 15.8 Å². The maximum absolute atomic E-state index is 8.95. The summed E-state index contributed by atoms with van der Waals surface area (Å²) in [5.41, 5.74) is 1.72. The Balaban J connectivity index is 2.25. The normalized spacial score (nSPS) is 10.5. The monoisotopic (exact) mass is 296 g/mol. The van der Waals surface area contributed by atoms with Crippen molar-refractivity contribution < 1.29 is 9.84 Å². The van der Waals surface area contributed by atoms with E-state index in [9.17, 15) is 0 Å². The van der Waals surface area contributed by atoms with Crippen molar-refractivity contribution in [2.24, 2.45) is 0 Å². The smallest absolute Gasteiger partial charge is 0.123 e. The topological polar surface area (TPSA) is 47.3 Å². The van der Waals surface area contributed by atoms with Gasteiger partial charge in [-0.2, -0.15) is 0 Å². The summed E-state index contributed by atoms with van der Waals surface area (Å²) in [5, 5.41) is 8.95. The average Bonchev–Trinajstić information content (AvgIpc) is 2.77. The fraction of sp³-hybridized carbons (Fsp3) is 0.250. The summed E-state index contributed by atoms with van der Waals surface area (Å²) in [7, 11) is 1.65. The lowest BCUT2D eigenvalue weighted by molar-refractivity contribution is 0.277. The minimum Gasteiger partial charge on any atom is -0.496 e. The van der Waals surface area contributed by atoms with Crippen LogP contribution in [0.2, 0.25) is 0 Å². The fourth-order valence-corrected chi connectivity index (χ4v) is 2.05. The van der Waals surface area contributed by atoms with Crippen LogP contribution in [0.3, 0.4) is 0 Å². The van der Waals surface area contributed by atoms with Crippen molar-refractivity contribution in [1.29, 1.82) is 0 Å². The Morgan fingerprint density at radius 3 is 2.94 bits per heavy atom. The molecular weight excluding hydrogens is 284 g/mol. The second-order valence-corrected chi connectivity index (χ2v) is 4.57. The van der Waals surface area contributed by atoms with E-state index in [1.54, 1.807) is 13.4 Å². The second kappa shape index (κ2) is 5.33. The van der Waals surface area contributed by atoms with Crippen LogP contribution in [0.25, 0.3) is 0 Å². The molecule has 1 N–H and O–H groups in total. The van der Waals surface area contributed by atoms with Crippen LogP contribution in [-0.2, 0) is 13.2 Å². The molecule has 0 aliphatic rings. The lowest BCUT2D eigenvalue weighted by atomic mass is 10.2. The number of aliphatic hydroxyl groups excluding tert-OH is 1. The first-order valence-electron chi connectivity index (χ1n) is 5.17. The van der Waals surface area contributed by atoms with Crippen molar-refractivity contribution in [3.05, 3.63) is 46.5 Å². The Hall–Kier alpha value is -1.33. The van der Waals surface area contributed by atoms with Crippen molar-refractivity contribution in [1.82, 2.24) is 9.55 Å². The Kier molecular flexibility index (Phi) is 3.81. The summed E-state index contributed by atoms with van der Waals surface area (Å²) in [6.07, 6.45) is 3.52. The van der Waals surface area contributed by atoms with Crippen LogP contribution < -0.4 is 4.74 Å². The van der Waals surface area contributed by atoms with E-state index in [4.69, 9.17) is 9.84 Å². The highest BCUT2D eigenvalue weighted by Gasteiger charge is 2.05. The van der Waals surface area contributed by atoms with Gasteiger partial charge < -0.3 is 14.4 Å². The molecule has 0 bridgehead atoms. The molecule has 0 radical (unpaired) electrons. The van der Waals surface area contributed by atoms with Crippen LogP contribution in [0.15, 0.2) is 35.2 Å². The summed E-state index contributed by atoms with van der Waals surface area (Å²) < 4.78 is 8.22. The molecule has 0 saturated carbocycles. The lowest BCUT2D eigenvalue weighted by Gasteiger charge is -2.09. The maximum Gasteiger partial charge on any atom is 0.123 e. The highest BCUT2D eigenvalue weighted by atomic mass is 79.9. The molecule has 17 heavy (non-hydrogen) atoms. The molecule has 0 fully saturated rings. The van der Waals surface area contributed by atoms with E-state index in [1.807, 2.05) is 29.0 Å². The van der Waals surface area contributed by atoms with Crippen LogP contribution in [0.1, 0.15) is 11.3 Å². The van der Waals surface area contributed by atoms with E-state index in [-0.39, 0.29) is 6.61 Å². The molecule has 2 rings (SSSR count). The van der Waals surface area contributed by atoms with Crippen LogP contribution in [-0.4, -0.2) is 21.8 Å². The maximum atomic E-state index is 8.95. The molecule has 0 saturated heterocycles. The van der Waals surface area contributed by atoms with E-state index < -0.39 is 0 Å². The predicted molar refractivity (Wildman–Crippen MR) is 67.9 cm³/mol. The molecule has 5 heteroatoms. The van der Waals surface area contributed by atoms with Gasteiger partial charge in [-0.25, -0.2) is 4.98 Å². The number of hydrogen-bond donors (Lipinski definition) is 1. The Bertz CT molecular complexity index is 511. The molecule has 4 nitrogen and oxygen atoms in total. The number of aliphatic hydroxyl groups is 1. The third-order valence-electron chi connectivity index (χ3n) is 2.44. The van der Waals surface area contributed by atoms with Crippen molar-refractivity contribution >= 4 is 15.9 Å². The van der Waals surface area contributed by atoms with Crippen LogP contribution in [0.4, 0.5) is 0 Å². The van der Waals surface area contributed by atoms with Gasteiger partial charge >= 0.3 is 0 Å². The number of ether oxygens (including phenoxy) is 1. The lowest BCUT2D eigenvalue weighted by Crippen LogP contribution is -1.99.